The Morgan fingerprint density at radius 1 is 1.35 bits per heavy atom. The number of aromatic hydroxyl groups is 1. The lowest BCUT2D eigenvalue weighted by Gasteiger charge is -2.28. The van der Waals surface area contributed by atoms with Crippen LogP contribution in [0.2, 0.25) is 0 Å². The van der Waals surface area contributed by atoms with Crippen LogP contribution in [0.15, 0.2) is 12.1 Å². The number of hydrogen-bond donors (Lipinski definition) is 3. The van der Waals surface area contributed by atoms with E-state index in [2.05, 4.69) is 10.3 Å². The summed E-state index contributed by atoms with van der Waals surface area (Å²) in [5.41, 5.74) is 1.38. The van der Waals surface area contributed by atoms with Gasteiger partial charge in [0, 0.05) is 17.8 Å². The highest BCUT2D eigenvalue weighted by Gasteiger charge is 2.32. The molecular weight excluding hydrogens is 216 g/mol. The van der Waals surface area contributed by atoms with Crippen molar-refractivity contribution in [3.63, 3.8) is 0 Å². The van der Waals surface area contributed by atoms with Crippen molar-refractivity contribution in [2.24, 2.45) is 0 Å². The fourth-order valence-corrected chi connectivity index (χ4v) is 2.45. The fraction of sp³-hybridized carbons (Fsp3) is 0.615. The molecule has 0 saturated heterocycles. The van der Waals surface area contributed by atoms with Gasteiger partial charge in [0.15, 0.2) is 0 Å². The average Bonchev–Trinajstić information content (AvgIpc) is 2.80. The smallest absolute Gasteiger partial charge is 0.138 e. The van der Waals surface area contributed by atoms with Crippen molar-refractivity contribution in [2.75, 3.05) is 6.61 Å². The van der Waals surface area contributed by atoms with Crippen LogP contribution in [0.1, 0.15) is 37.1 Å². The number of hydrogen-bond acceptors (Lipinski definition) is 4. The molecular formula is C13H20N2O2. The van der Waals surface area contributed by atoms with Crippen molar-refractivity contribution >= 4 is 0 Å². The highest BCUT2D eigenvalue weighted by atomic mass is 16.3. The van der Waals surface area contributed by atoms with E-state index in [-0.39, 0.29) is 17.9 Å². The number of nitrogens with one attached hydrogen (secondary N) is 1. The van der Waals surface area contributed by atoms with E-state index in [1.165, 1.54) is 0 Å². The molecule has 4 heteroatoms. The lowest BCUT2D eigenvalue weighted by atomic mass is 9.99. The molecule has 1 saturated carbocycles. The lowest BCUT2D eigenvalue weighted by Crippen LogP contribution is -2.45. The summed E-state index contributed by atoms with van der Waals surface area (Å²) in [5, 5.41) is 22.5. The van der Waals surface area contributed by atoms with Gasteiger partial charge >= 0.3 is 0 Å². The largest absolute Gasteiger partial charge is 0.506 e. The van der Waals surface area contributed by atoms with Gasteiger partial charge in [-0.05, 0) is 31.9 Å². The summed E-state index contributed by atoms with van der Waals surface area (Å²) in [5.74, 6) is 0.217. The summed E-state index contributed by atoms with van der Waals surface area (Å²) in [6.07, 6.45) is 4.30. The second-order valence-electron chi connectivity index (χ2n) is 4.92. The van der Waals surface area contributed by atoms with Crippen LogP contribution in [0.25, 0.3) is 0 Å². The Morgan fingerprint density at radius 3 is 2.71 bits per heavy atom. The van der Waals surface area contributed by atoms with Crippen LogP contribution >= 0.6 is 0 Å². The van der Waals surface area contributed by atoms with Gasteiger partial charge in [-0.2, -0.15) is 0 Å². The van der Waals surface area contributed by atoms with E-state index in [0.717, 1.165) is 31.4 Å². The van der Waals surface area contributed by atoms with Gasteiger partial charge < -0.3 is 15.5 Å². The van der Waals surface area contributed by atoms with E-state index in [0.29, 0.717) is 12.2 Å². The van der Waals surface area contributed by atoms with Crippen molar-refractivity contribution in [1.82, 2.24) is 10.3 Å². The summed E-state index contributed by atoms with van der Waals surface area (Å²) in [4.78, 5) is 4.30. The third-order valence-electron chi connectivity index (χ3n) is 3.58. The van der Waals surface area contributed by atoms with Gasteiger partial charge in [-0.3, -0.25) is 4.98 Å². The summed E-state index contributed by atoms with van der Waals surface area (Å²) < 4.78 is 0. The van der Waals surface area contributed by atoms with E-state index in [9.17, 15) is 10.2 Å². The number of aryl methyl sites for hydroxylation is 1. The van der Waals surface area contributed by atoms with Gasteiger partial charge in [0.1, 0.15) is 5.75 Å². The van der Waals surface area contributed by atoms with Gasteiger partial charge in [-0.15, -0.1) is 0 Å². The zero-order valence-corrected chi connectivity index (χ0v) is 10.2. The number of aliphatic hydroxyl groups excluding tert-OH is 1. The first-order valence-electron chi connectivity index (χ1n) is 6.17. The van der Waals surface area contributed by atoms with E-state index < -0.39 is 0 Å². The van der Waals surface area contributed by atoms with Crippen molar-refractivity contribution in [3.05, 3.63) is 23.5 Å². The van der Waals surface area contributed by atoms with Crippen LogP contribution in [-0.4, -0.2) is 27.3 Å². The second-order valence-corrected chi connectivity index (χ2v) is 4.92. The molecule has 1 aromatic rings. The van der Waals surface area contributed by atoms with Crippen molar-refractivity contribution < 1.29 is 10.2 Å². The molecule has 1 aliphatic rings. The molecule has 0 radical (unpaired) electrons. The highest BCUT2D eigenvalue weighted by Crippen LogP contribution is 2.29. The molecule has 94 valence electrons. The van der Waals surface area contributed by atoms with E-state index in [4.69, 9.17) is 0 Å². The third-order valence-corrected chi connectivity index (χ3v) is 3.58. The Morgan fingerprint density at radius 2 is 2.06 bits per heavy atom. The molecule has 0 bridgehead atoms. The van der Waals surface area contributed by atoms with Gasteiger partial charge in [-0.25, -0.2) is 0 Å². The van der Waals surface area contributed by atoms with Crippen LogP contribution < -0.4 is 5.32 Å². The second kappa shape index (κ2) is 5.02. The molecule has 0 amide bonds. The minimum atomic E-state index is -0.169. The fourth-order valence-electron chi connectivity index (χ4n) is 2.45. The summed E-state index contributed by atoms with van der Waals surface area (Å²) >= 11 is 0. The van der Waals surface area contributed by atoms with Crippen LogP contribution in [-0.2, 0) is 6.54 Å². The Labute approximate surface area is 102 Å². The molecule has 0 aromatic carbocycles. The molecule has 2 rings (SSSR count). The van der Waals surface area contributed by atoms with Gasteiger partial charge in [0.2, 0.25) is 0 Å². The quantitative estimate of drug-likeness (QED) is 0.741. The number of nitrogens with zero attached hydrogens (tertiary/aromatic N) is 1. The first-order chi connectivity index (χ1) is 8.15. The van der Waals surface area contributed by atoms with Gasteiger partial charge in [-0.1, -0.05) is 12.8 Å². The van der Waals surface area contributed by atoms with Crippen LogP contribution in [0.5, 0.6) is 5.75 Å². The predicted molar refractivity (Wildman–Crippen MR) is 65.8 cm³/mol. The minimum absolute atomic E-state index is 0.152. The standard InChI is InChI=1S/C13H20N2O2/c1-10-4-5-12(17)11(15-10)8-14-13(9-16)6-2-3-7-13/h4-5,14,16-17H,2-3,6-9H2,1H3. The van der Waals surface area contributed by atoms with Crippen LogP contribution in [0.4, 0.5) is 0 Å². The van der Waals surface area contributed by atoms with E-state index >= 15 is 0 Å². The monoisotopic (exact) mass is 236 g/mol. The van der Waals surface area contributed by atoms with Gasteiger partial charge in [0.05, 0.1) is 12.3 Å². The molecule has 1 heterocycles. The Hall–Kier alpha value is -1.13. The number of aromatic nitrogens is 1. The molecule has 0 unspecified atom stereocenters. The predicted octanol–water partition coefficient (Wildman–Crippen LogP) is 1.49. The van der Waals surface area contributed by atoms with Gasteiger partial charge in [0.25, 0.3) is 0 Å². The molecule has 1 aliphatic carbocycles. The summed E-state index contributed by atoms with van der Waals surface area (Å²) in [6.45, 7) is 2.56. The Balaban J connectivity index is 2.03. The first-order valence-corrected chi connectivity index (χ1v) is 6.17. The zero-order chi connectivity index (χ0) is 12.3. The van der Waals surface area contributed by atoms with E-state index in [1.807, 2.05) is 6.92 Å². The van der Waals surface area contributed by atoms with Crippen molar-refractivity contribution in [1.29, 1.82) is 0 Å². The van der Waals surface area contributed by atoms with E-state index in [1.54, 1.807) is 12.1 Å². The molecule has 1 aromatic heterocycles. The summed E-state index contributed by atoms with van der Waals surface area (Å²) in [6, 6.07) is 3.45. The molecule has 17 heavy (non-hydrogen) atoms. The first kappa shape index (κ1) is 12.3. The maximum absolute atomic E-state index is 9.70. The highest BCUT2D eigenvalue weighted by molar-refractivity contribution is 5.27. The third kappa shape index (κ3) is 2.76. The molecule has 0 atom stereocenters. The number of pyridine rings is 1. The molecule has 0 spiro atoms. The topological polar surface area (TPSA) is 65.4 Å². The minimum Gasteiger partial charge on any atom is -0.506 e. The van der Waals surface area contributed by atoms with Crippen LogP contribution in [0, 0.1) is 6.92 Å². The molecule has 0 aliphatic heterocycles. The number of aliphatic hydroxyl groups is 1. The molecule has 1 fully saturated rings. The van der Waals surface area contributed by atoms with Crippen LogP contribution in [0.3, 0.4) is 0 Å². The zero-order valence-electron chi connectivity index (χ0n) is 10.2. The average molecular weight is 236 g/mol. The SMILES string of the molecule is Cc1ccc(O)c(CNC2(CO)CCCC2)n1. The Kier molecular flexibility index (Phi) is 3.64. The summed E-state index contributed by atoms with van der Waals surface area (Å²) in [7, 11) is 0. The Bertz CT molecular complexity index is 387. The molecule has 4 nitrogen and oxygen atoms in total. The van der Waals surface area contributed by atoms with Crippen molar-refractivity contribution in [3.8, 4) is 5.75 Å². The lowest BCUT2D eigenvalue weighted by molar-refractivity contribution is 0.162. The van der Waals surface area contributed by atoms with Crippen molar-refractivity contribution in [2.45, 2.75) is 44.7 Å². The maximum Gasteiger partial charge on any atom is 0.138 e. The normalized spacial score (nSPS) is 18.5. The molecule has 3 N–H and O–H groups in total. The maximum atomic E-state index is 9.70. The number of rotatable bonds is 4.